The molecule has 0 atom stereocenters. The van der Waals surface area contributed by atoms with E-state index in [-0.39, 0.29) is 0 Å². The van der Waals surface area contributed by atoms with Gasteiger partial charge in [-0.2, -0.15) is 0 Å². The number of rotatable bonds is 3. The molecule has 0 saturated heterocycles. The second kappa shape index (κ2) is 3.95. The molecule has 0 bridgehead atoms. The monoisotopic (exact) mass is 204 g/mol. The number of pyridine rings is 1. The molecule has 78 valence electrons. The average Bonchev–Trinajstić information content (AvgIpc) is 2.61. The molecule has 0 spiro atoms. The standard InChI is InChI=1S/C9H12N6/c1-15-6-13-14-9(15)5-12-8-4-7(10)2-3-11-8/h2-4,6H,5H2,1H3,(H3,10,11,12). The summed E-state index contributed by atoms with van der Waals surface area (Å²) in [6.07, 6.45) is 3.32. The molecule has 2 aromatic rings. The van der Waals surface area contributed by atoms with Gasteiger partial charge in [-0.15, -0.1) is 10.2 Å². The molecule has 2 aromatic heterocycles. The largest absolute Gasteiger partial charge is 0.399 e. The van der Waals surface area contributed by atoms with E-state index in [1.54, 1.807) is 24.7 Å². The highest BCUT2D eigenvalue weighted by molar-refractivity contribution is 5.48. The molecule has 0 fully saturated rings. The molecule has 0 aromatic carbocycles. The van der Waals surface area contributed by atoms with Crippen molar-refractivity contribution in [1.82, 2.24) is 19.7 Å². The van der Waals surface area contributed by atoms with Crippen LogP contribution in [0.15, 0.2) is 24.7 Å². The number of anilines is 2. The van der Waals surface area contributed by atoms with Crippen LogP contribution in [-0.4, -0.2) is 19.7 Å². The number of aromatic nitrogens is 4. The molecule has 0 unspecified atom stereocenters. The topological polar surface area (TPSA) is 81.7 Å². The van der Waals surface area contributed by atoms with E-state index in [0.29, 0.717) is 12.2 Å². The predicted octanol–water partition coefficient (Wildman–Crippen LogP) is 0.404. The minimum absolute atomic E-state index is 0.576. The lowest BCUT2D eigenvalue weighted by molar-refractivity contribution is 0.810. The quantitative estimate of drug-likeness (QED) is 0.756. The van der Waals surface area contributed by atoms with E-state index in [2.05, 4.69) is 20.5 Å². The van der Waals surface area contributed by atoms with Gasteiger partial charge in [0.2, 0.25) is 0 Å². The van der Waals surface area contributed by atoms with Crippen molar-refractivity contribution >= 4 is 11.5 Å². The molecular weight excluding hydrogens is 192 g/mol. The number of nitrogens with one attached hydrogen (secondary N) is 1. The molecule has 0 aliphatic rings. The summed E-state index contributed by atoms with van der Waals surface area (Å²) in [7, 11) is 1.89. The van der Waals surface area contributed by atoms with E-state index in [9.17, 15) is 0 Å². The Balaban J connectivity index is 2.02. The van der Waals surface area contributed by atoms with Crippen molar-refractivity contribution < 1.29 is 0 Å². The Morgan fingerprint density at radius 1 is 1.53 bits per heavy atom. The van der Waals surface area contributed by atoms with Gasteiger partial charge >= 0.3 is 0 Å². The van der Waals surface area contributed by atoms with Crippen molar-refractivity contribution in [3.63, 3.8) is 0 Å². The van der Waals surface area contributed by atoms with E-state index >= 15 is 0 Å². The Labute approximate surface area is 87.2 Å². The molecule has 2 rings (SSSR count). The van der Waals surface area contributed by atoms with Gasteiger partial charge in [0, 0.05) is 25.0 Å². The van der Waals surface area contributed by atoms with Gasteiger partial charge in [-0.1, -0.05) is 0 Å². The number of nitrogens with zero attached hydrogens (tertiary/aromatic N) is 4. The zero-order chi connectivity index (χ0) is 10.7. The van der Waals surface area contributed by atoms with Crippen LogP contribution in [0.25, 0.3) is 0 Å². The van der Waals surface area contributed by atoms with Crippen molar-refractivity contribution in [2.24, 2.45) is 7.05 Å². The van der Waals surface area contributed by atoms with Gasteiger partial charge in [0.05, 0.1) is 6.54 Å². The summed E-state index contributed by atoms with van der Waals surface area (Å²) in [5, 5.41) is 10.8. The molecule has 15 heavy (non-hydrogen) atoms. The zero-order valence-electron chi connectivity index (χ0n) is 8.38. The molecule has 0 aliphatic heterocycles. The average molecular weight is 204 g/mol. The third-order valence-electron chi connectivity index (χ3n) is 2.02. The third-order valence-corrected chi connectivity index (χ3v) is 2.02. The van der Waals surface area contributed by atoms with E-state index in [1.165, 1.54) is 0 Å². The summed E-state index contributed by atoms with van der Waals surface area (Å²) in [6.45, 7) is 0.576. The van der Waals surface area contributed by atoms with Gasteiger partial charge in [0.1, 0.15) is 12.1 Å². The van der Waals surface area contributed by atoms with E-state index in [1.807, 2.05) is 11.6 Å². The highest BCUT2D eigenvalue weighted by Gasteiger charge is 2.00. The van der Waals surface area contributed by atoms with Crippen LogP contribution < -0.4 is 11.1 Å². The van der Waals surface area contributed by atoms with Crippen LogP contribution >= 0.6 is 0 Å². The first-order valence-electron chi connectivity index (χ1n) is 4.54. The van der Waals surface area contributed by atoms with Crippen molar-refractivity contribution in [2.75, 3.05) is 11.1 Å². The van der Waals surface area contributed by atoms with Crippen LogP contribution in [0.2, 0.25) is 0 Å². The molecule has 6 heteroatoms. The molecule has 0 radical (unpaired) electrons. The Hall–Kier alpha value is -2.11. The Morgan fingerprint density at radius 2 is 2.40 bits per heavy atom. The maximum Gasteiger partial charge on any atom is 0.151 e. The van der Waals surface area contributed by atoms with Crippen molar-refractivity contribution in [3.8, 4) is 0 Å². The second-order valence-electron chi connectivity index (χ2n) is 3.19. The number of nitrogen functional groups attached to an aromatic ring is 1. The highest BCUT2D eigenvalue weighted by Crippen LogP contribution is 2.08. The SMILES string of the molecule is Cn1cnnc1CNc1cc(N)ccn1. The molecule has 3 N–H and O–H groups in total. The lowest BCUT2D eigenvalue weighted by Gasteiger charge is -2.04. The molecule has 2 heterocycles. The zero-order valence-corrected chi connectivity index (χ0v) is 8.38. The molecular formula is C9H12N6. The third kappa shape index (κ3) is 2.22. The van der Waals surface area contributed by atoms with Crippen LogP contribution in [0.3, 0.4) is 0 Å². The second-order valence-corrected chi connectivity index (χ2v) is 3.19. The van der Waals surface area contributed by atoms with Crippen LogP contribution in [0.4, 0.5) is 11.5 Å². The fourth-order valence-electron chi connectivity index (χ4n) is 1.18. The van der Waals surface area contributed by atoms with Crippen LogP contribution in [0, 0.1) is 0 Å². The smallest absolute Gasteiger partial charge is 0.151 e. The van der Waals surface area contributed by atoms with Crippen molar-refractivity contribution in [2.45, 2.75) is 6.54 Å². The van der Waals surface area contributed by atoms with Gasteiger partial charge in [-0.05, 0) is 6.07 Å². The van der Waals surface area contributed by atoms with Crippen LogP contribution in [0.1, 0.15) is 5.82 Å². The number of hydrogen-bond acceptors (Lipinski definition) is 5. The van der Waals surface area contributed by atoms with Gasteiger partial charge in [0.15, 0.2) is 5.82 Å². The Morgan fingerprint density at radius 3 is 3.07 bits per heavy atom. The lowest BCUT2D eigenvalue weighted by Crippen LogP contribution is -2.06. The van der Waals surface area contributed by atoms with Gasteiger partial charge in [-0.25, -0.2) is 4.98 Å². The summed E-state index contributed by atoms with van der Waals surface area (Å²) in [4.78, 5) is 4.12. The Kier molecular flexibility index (Phi) is 2.49. The van der Waals surface area contributed by atoms with E-state index in [0.717, 1.165) is 11.6 Å². The highest BCUT2D eigenvalue weighted by atomic mass is 15.3. The van der Waals surface area contributed by atoms with Crippen molar-refractivity contribution in [3.05, 3.63) is 30.5 Å². The Bertz CT molecular complexity index is 449. The minimum Gasteiger partial charge on any atom is -0.399 e. The van der Waals surface area contributed by atoms with Crippen LogP contribution in [-0.2, 0) is 13.6 Å². The molecule has 0 aliphatic carbocycles. The van der Waals surface area contributed by atoms with Crippen molar-refractivity contribution in [1.29, 1.82) is 0 Å². The number of nitrogens with two attached hydrogens (primary N) is 1. The summed E-state index contributed by atoms with van der Waals surface area (Å²) in [6, 6.07) is 3.52. The molecule has 0 amide bonds. The van der Waals surface area contributed by atoms with Crippen LogP contribution in [0.5, 0.6) is 0 Å². The van der Waals surface area contributed by atoms with E-state index in [4.69, 9.17) is 5.73 Å². The first-order chi connectivity index (χ1) is 7.25. The number of aryl methyl sites for hydroxylation is 1. The summed E-state index contributed by atoms with van der Waals surface area (Å²) in [5.41, 5.74) is 6.31. The van der Waals surface area contributed by atoms with E-state index < -0.39 is 0 Å². The number of hydrogen-bond donors (Lipinski definition) is 2. The normalized spacial score (nSPS) is 10.2. The maximum atomic E-state index is 5.62. The first-order valence-corrected chi connectivity index (χ1v) is 4.54. The molecule has 0 saturated carbocycles. The lowest BCUT2D eigenvalue weighted by atomic mass is 10.4. The summed E-state index contributed by atoms with van der Waals surface area (Å²) < 4.78 is 1.85. The van der Waals surface area contributed by atoms with Gasteiger partial charge in [-0.3, -0.25) is 0 Å². The fraction of sp³-hybridized carbons (Fsp3) is 0.222. The summed E-state index contributed by atoms with van der Waals surface area (Å²) in [5.74, 6) is 1.58. The predicted molar refractivity (Wildman–Crippen MR) is 57.0 cm³/mol. The van der Waals surface area contributed by atoms with Gasteiger partial charge in [0.25, 0.3) is 0 Å². The van der Waals surface area contributed by atoms with Gasteiger partial charge < -0.3 is 15.6 Å². The molecule has 6 nitrogen and oxygen atoms in total. The summed E-state index contributed by atoms with van der Waals surface area (Å²) >= 11 is 0. The fourth-order valence-corrected chi connectivity index (χ4v) is 1.18. The first kappa shape index (κ1) is 9.45. The minimum atomic E-state index is 0.576. The maximum absolute atomic E-state index is 5.62.